The molecule has 1 N–H and O–H groups in total. The number of aromatic nitrogens is 2. The topological polar surface area (TPSA) is 85.1 Å². The van der Waals surface area contributed by atoms with Crippen LogP contribution < -0.4 is 5.32 Å². The van der Waals surface area contributed by atoms with Gasteiger partial charge in [-0.15, -0.1) is 0 Å². The molecule has 1 atom stereocenters. The Balaban J connectivity index is 1.73. The highest BCUT2D eigenvalue weighted by Crippen LogP contribution is 2.20. The smallest absolute Gasteiger partial charge is 0.228 e. The van der Waals surface area contributed by atoms with Gasteiger partial charge in [-0.05, 0) is 12.1 Å². The van der Waals surface area contributed by atoms with E-state index in [0.717, 1.165) is 5.56 Å². The lowest BCUT2D eigenvalue weighted by Gasteiger charge is -2.21. The van der Waals surface area contributed by atoms with E-state index in [1.54, 1.807) is 12.1 Å². The third-order valence-electron chi connectivity index (χ3n) is 3.27. The first-order valence-corrected chi connectivity index (χ1v) is 8.74. The predicted molar refractivity (Wildman–Crippen MR) is 78.9 cm³/mol. The van der Waals surface area contributed by atoms with Gasteiger partial charge in [0.15, 0.2) is 9.84 Å². The maximum Gasteiger partial charge on any atom is 0.228 e. The van der Waals surface area contributed by atoms with Crippen LogP contribution in [0, 0.1) is 0 Å². The van der Waals surface area contributed by atoms with Crippen LogP contribution in [-0.2, 0) is 16.3 Å². The van der Waals surface area contributed by atoms with Crippen molar-refractivity contribution in [2.45, 2.75) is 12.5 Å². The van der Waals surface area contributed by atoms with E-state index in [-0.39, 0.29) is 17.5 Å². The second-order valence-electron chi connectivity index (χ2n) is 4.99. The van der Waals surface area contributed by atoms with Crippen molar-refractivity contribution in [1.29, 1.82) is 0 Å². The lowest BCUT2D eigenvalue weighted by molar-refractivity contribution is 0.361. The summed E-state index contributed by atoms with van der Waals surface area (Å²) in [5.74, 6) is 1.15. The van der Waals surface area contributed by atoms with Crippen molar-refractivity contribution in [3.05, 3.63) is 35.2 Å². The number of nitrogens with zero attached hydrogens (tertiary/aromatic N) is 2. The molecule has 0 saturated carbocycles. The summed E-state index contributed by atoms with van der Waals surface area (Å²) in [7, 11) is -2.97. The van der Waals surface area contributed by atoms with E-state index in [1.807, 2.05) is 12.1 Å². The standard InChI is InChI=1S/C13H14ClN3O3S/c14-10-3-1-2-9(6-10)13-16-12(20-17-13)7-11-8-21(18,19)5-4-15-11/h1-3,6,11,15H,4-5,7-8H2. The fourth-order valence-electron chi connectivity index (χ4n) is 2.29. The quantitative estimate of drug-likeness (QED) is 0.915. The van der Waals surface area contributed by atoms with Crippen molar-refractivity contribution < 1.29 is 12.9 Å². The number of benzene rings is 1. The Bertz CT molecular complexity index is 745. The normalized spacial score (nSPS) is 21.3. The summed E-state index contributed by atoms with van der Waals surface area (Å²) < 4.78 is 28.4. The average molecular weight is 328 g/mol. The summed E-state index contributed by atoms with van der Waals surface area (Å²) in [4.78, 5) is 4.29. The van der Waals surface area contributed by atoms with Crippen LogP contribution in [0.3, 0.4) is 0 Å². The lowest BCUT2D eigenvalue weighted by Crippen LogP contribution is -2.46. The molecule has 1 fully saturated rings. The molecule has 6 nitrogen and oxygen atoms in total. The molecule has 21 heavy (non-hydrogen) atoms. The highest BCUT2D eigenvalue weighted by atomic mass is 35.5. The Kier molecular flexibility index (Phi) is 3.97. The van der Waals surface area contributed by atoms with Crippen LogP contribution in [0.5, 0.6) is 0 Å². The van der Waals surface area contributed by atoms with Crippen LogP contribution in [0.1, 0.15) is 5.89 Å². The molecule has 0 bridgehead atoms. The van der Waals surface area contributed by atoms with Gasteiger partial charge in [0.25, 0.3) is 0 Å². The second-order valence-corrected chi connectivity index (χ2v) is 7.66. The minimum absolute atomic E-state index is 0.0991. The molecule has 1 aliphatic rings. The summed E-state index contributed by atoms with van der Waals surface area (Å²) in [6.45, 7) is 0.461. The number of halogens is 1. The monoisotopic (exact) mass is 327 g/mol. The van der Waals surface area contributed by atoms with E-state index in [4.69, 9.17) is 16.1 Å². The van der Waals surface area contributed by atoms with Crippen molar-refractivity contribution in [2.75, 3.05) is 18.1 Å². The zero-order valence-electron chi connectivity index (χ0n) is 11.1. The molecule has 8 heteroatoms. The SMILES string of the molecule is O=S1(=O)CCNC(Cc2nc(-c3cccc(Cl)c3)no2)C1. The third kappa shape index (κ3) is 3.61. The van der Waals surface area contributed by atoms with Gasteiger partial charge in [0.2, 0.25) is 11.7 Å². The summed E-state index contributed by atoms with van der Waals surface area (Å²) in [6.07, 6.45) is 0.396. The molecule has 1 aliphatic heterocycles. The maximum absolute atomic E-state index is 11.6. The van der Waals surface area contributed by atoms with Gasteiger partial charge in [-0.2, -0.15) is 4.98 Å². The Hall–Kier alpha value is -1.44. The molecule has 2 heterocycles. The molecule has 2 aromatic rings. The van der Waals surface area contributed by atoms with Crippen molar-refractivity contribution >= 4 is 21.4 Å². The Morgan fingerprint density at radius 2 is 2.29 bits per heavy atom. The highest BCUT2D eigenvalue weighted by Gasteiger charge is 2.26. The molecule has 0 spiro atoms. The first kappa shape index (κ1) is 14.5. The van der Waals surface area contributed by atoms with Crippen LogP contribution in [0.15, 0.2) is 28.8 Å². The first-order valence-electron chi connectivity index (χ1n) is 6.54. The third-order valence-corrected chi connectivity index (χ3v) is 5.24. The van der Waals surface area contributed by atoms with E-state index in [0.29, 0.717) is 29.7 Å². The number of sulfone groups is 1. The van der Waals surface area contributed by atoms with E-state index < -0.39 is 9.84 Å². The average Bonchev–Trinajstić information content (AvgIpc) is 2.86. The summed E-state index contributed by atoms with van der Waals surface area (Å²) in [6, 6.07) is 6.98. The Labute approximate surface area is 127 Å². The minimum atomic E-state index is -2.97. The fraction of sp³-hybridized carbons (Fsp3) is 0.385. The molecule has 1 saturated heterocycles. The summed E-state index contributed by atoms with van der Waals surface area (Å²) in [5, 5.41) is 7.66. The van der Waals surface area contributed by atoms with Crippen LogP contribution >= 0.6 is 11.6 Å². The molecule has 3 rings (SSSR count). The van der Waals surface area contributed by atoms with E-state index in [1.165, 1.54) is 0 Å². The number of nitrogens with one attached hydrogen (secondary N) is 1. The number of hydrogen-bond acceptors (Lipinski definition) is 6. The summed E-state index contributed by atoms with van der Waals surface area (Å²) >= 11 is 5.93. The van der Waals surface area contributed by atoms with Gasteiger partial charge in [0, 0.05) is 29.6 Å². The van der Waals surface area contributed by atoms with Crippen LogP contribution in [0.4, 0.5) is 0 Å². The van der Waals surface area contributed by atoms with Gasteiger partial charge < -0.3 is 9.84 Å². The van der Waals surface area contributed by atoms with Crippen molar-refractivity contribution in [2.24, 2.45) is 0 Å². The molecule has 1 aromatic heterocycles. The molecule has 1 aromatic carbocycles. The van der Waals surface area contributed by atoms with Gasteiger partial charge in [-0.3, -0.25) is 0 Å². The second kappa shape index (κ2) is 5.75. The molecule has 0 amide bonds. The minimum Gasteiger partial charge on any atom is -0.339 e. The zero-order valence-corrected chi connectivity index (χ0v) is 12.7. The van der Waals surface area contributed by atoms with Crippen LogP contribution in [0.2, 0.25) is 5.02 Å². The van der Waals surface area contributed by atoms with Gasteiger partial charge in [-0.1, -0.05) is 28.9 Å². The summed E-state index contributed by atoms with van der Waals surface area (Å²) in [5.41, 5.74) is 0.765. The molecule has 0 aliphatic carbocycles. The molecule has 112 valence electrons. The zero-order chi connectivity index (χ0) is 14.9. The molecular weight excluding hydrogens is 314 g/mol. The first-order chi connectivity index (χ1) is 10.0. The van der Waals surface area contributed by atoms with Crippen LogP contribution in [-0.4, -0.2) is 42.7 Å². The van der Waals surface area contributed by atoms with Crippen molar-refractivity contribution in [3.63, 3.8) is 0 Å². The maximum atomic E-state index is 11.6. The molecular formula is C13H14ClN3O3S. The number of hydrogen-bond donors (Lipinski definition) is 1. The number of rotatable bonds is 3. The van der Waals surface area contributed by atoms with Crippen LogP contribution in [0.25, 0.3) is 11.4 Å². The van der Waals surface area contributed by atoms with Crippen molar-refractivity contribution in [3.8, 4) is 11.4 Å². The lowest BCUT2D eigenvalue weighted by atomic mass is 10.2. The van der Waals surface area contributed by atoms with Gasteiger partial charge in [0.1, 0.15) is 0 Å². The highest BCUT2D eigenvalue weighted by molar-refractivity contribution is 7.91. The van der Waals surface area contributed by atoms with Gasteiger partial charge in [0.05, 0.1) is 11.5 Å². The Morgan fingerprint density at radius 3 is 3.05 bits per heavy atom. The Morgan fingerprint density at radius 1 is 1.43 bits per heavy atom. The fourth-order valence-corrected chi connectivity index (χ4v) is 3.93. The van der Waals surface area contributed by atoms with E-state index in [9.17, 15) is 8.42 Å². The van der Waals surface area contributed by atoms with Crippen molar-refractivity contribution in [1.82, 2.24) is 15.5 Å². The van der Waals surface area contributed by atoms with Gasteiger partial charge in [-0.25, -0.2) is 8.42 Å². The van der Waals surface area contributed by atoms with E-state index >= 15 is 0 Å². The van der Waals surface area contributed by atoms with E-state index in [2.05, 4.69) is 15.5 Å². The largest absolute Gasteiger partial charge is 0.339 e. The predicted octanol–water partition coefficient (Wildman–Crippen LogP) is 1.32. The molecule has 1 unspecified atom stereocenters. The molecule has 0 radical (unpaired) electrons. The van der Waals surface area contributed by atoms with Gasteiger partial charge >= 0.3 is 0 Å².